The molecule has 0 bridgehead atoms. The molecule has 5 heteroatoms. The van der Waals surface area contributed by atoms with E-state index in [1.54, 1.807) is 12.1 Å². The Bertz CT molecular complexity index is 1340. The molecule has 1 atom stereocenters. The van der Waals surface area contributed by atoms with Crippen LogP contribution < -0.4 is 4.74 Å². The zero-order valence-electron chi connectivity index (χ0n) is 17.2. The highest BCUT2D eigenvalue weighted by molar-refractivity contribution is 6.42. The van der Waals surface area contributed by atoms with Crippen molar-refractivity contribution >= 4 is 34.2 Å². The second-order valence-electron chi connectivity index (χ2n) is 6.88. The van der Waals surface area contributed by atoms with E-state index in [-0.39, 0.29) is 13.0 Å². The Hall–Kier alpha value is -2.88. The average molecular weight is 421 g/mol. The number of halogens is 2. The molecule has 1 aromatic heterocycles. The molecule has 3 nitrogen and oxygen atoms in total. The van der Waals surface area contributed by atoms with Gasteiger partial charge in [-0.05, 0) is 24.3 Å². The molecule has 0 saturated carbocycles. The number of hydrogen-bond donors (Lipinski definition) is 0. The lowest BCUT2D eigenvalue weighted by molar-refractivity contribution is 0.106. The molecule has 1 aliphatic rings. The average Bonchev–Trinajstić information content (AvgIpc) is 2.78. The third-order valence-electron chi connectivity index (χ3n) is 5.14. The van der Waals surface area contributed by atoms with Crippen LogP contribution in [0.5, 0.6) is 5.75 Å². The van der Waals surface area contributed by atoms with Crippen LogP contribution in [0, 0.1) is 0 Å². The molecule has 1 aliphatic heterocycles. The number of aromatic nitrogens is 2. The van der Waals surface area contributed by atoms with Gasteiger partial charge >= 0.3 is 0 Å². The Kier molecular flexibility index (Phi) is 3.78. The van der Waals surface area contributed by atoms with Gasteiger partial charge in [0.1, 0.15) is 17.1 Å². The van der Waals surface area contributed by atoms with E-state index in [2.05, 4.69) is 0 Å². The first-order chi connectivity index (χ1) is 15.0. The third kappa shape index (κ3) is 2.81. The van der Waals surface area contributed by atoms with Crippen LogP contribution in [0.2, 0.25) is 10.0 Å². The minimum absolute atomic E-state index is 0.252. The summed E-state index contributed by atoms with van der Waals surface area (Å²) in [5, 5.41) is 0.805. The van der Waals surface area contributed by atoms with Crippen molar-refractivity contribution in [3.8, 4) is 17.0 Å². The largest absolute Gasteiger partial charge is 0.475 e. The van der Waals surface area contributed by atoms with Crippen LogP contribution >= 0.6 is 23.2 Å². The molecule has 0 unspecified atom stereocenters. The maximum Gasteiger partial charge on any atom is 0.181 e. The van der Waals surface area contributed by atoms with Gasteiger partial charge in [0, 0.05) is 17.5 Å². The molecule has 2 heterocycles. The Morgan fingerprint density at radius 1 is 0.966 bits per heavy atom. The fraction of sp³-hybridized carbons (Fsp3) is 0.0833. The number of benzene rings is 3. The number of nitrogens with zero attached hydrogens (tertiary/aromatic N) is 2. The second-order valence-corrected chi connectivity index (χ2v) is 7.69. The highest BCUT2D eigenvalue weighted by Gasteiger charge is 2.44. The lowest BCUT2D eigenvalue weighted by Crippen LogP contribution is -2.38. The molecule has 3 aromatic carbocycles. The van der Waals surface area contributed by atoms with Gasteiger partial charge in [-0.3, -0.25) is 0 Å². The van der Waals surface area contributed by atoms with Crippen LogP contribution in [0.25, 0.3) is 22.3 Å². The molecule has 5 rings (SSSR count). The summed E-state index contributed by atoms with van der Waals surface area (Å²) in [6.45, 7) is -0.289. The van der Waals surface area contributed by atoms with Gasteiger partial charge in [0.15, 0.2) is 5.60 Å². The molecule has 0 saturated heterocycles. The van der Waals surface area contributed by atoms with Crippen LogP contribution in [0.1, 0.15) is 20.4 Å². The van der Waals surface area contributed by atoms with Crippen molar-refractivity contribution in [2.45, 2.75) is 12.0 Å². The van der Waals surface area contributed by atoms with Crippen molar-refractivity contribution in [2.24, 2.45) is 0 Å². The number of rotatable bonds is 3. The lowest BCUT2D eigenvalue weighted by atomic mass is 9.82. The SMILES string of the molecule is [2H]C([2H])=CC[C@@]1(c2ccccc2)Oc2ccccc2-c2nc3cc(Cl)c(Cl)cc3nc21. The fourth-order valence-corrected chi connectivity index (χ4v) is 4.13. The number of hydrogen-bond acceptors (Lipinski definition) is 3. The van der Waals surface area contributed by atoms with Gasteiger partial charge in [0.2, 0.25) is 0 Å². The fourth-order valence-electron chi connectivity index (χ4n) is 3.81. The molecule has 29 heavy (non-hydrogen) atoms. The standard InChI is InChI=1S/C24H16Cl2N2O/c1-2-12-24(15-8-4-3-5-9-15)23-22(16-10-6-7-11-21(16)29-24)27-19-13-17(25)18(26)14-20(19)28-23/h2-11,13-14H,1,12H2/t24-/m0/s1/i1D2. The Morgan fingerprint density at radius 2 is 1.66 bits per heavy atom. The number of para-hydroxylation sites is 1. The highest BCUT2D eigenvalue weighted by atomic mass is 35.5. The van der Waals surface area contributed by atoms with E-state index in [1.165, 1.54) is 6.08 Å². The summed E-state index contributed by atoms with van der Waals surface area (Å²) in [5.41, 5.74) is 3.15. The molecule has 4 aromatic rings. The zero-order chi connectivity index (χ0) is 21.6. The van der Waals surface area contributed by atoms with Crippen molar-refractivity contribution in [1.29, 1.82) is 0 Å². The minimum atomic E-state index is -1.05. The van der Waals surface area contributed by atoms with Crippen molar-refractivity contribution in [2.75, 3.05) is 0 Å². The Morgan fingerprint density at radius 3 is 2.41 bits per heavy atom. The van der Waals surface area contributed by atoms with Crippen LogP contribution in [0.3, 0.4) is 0 Å². The molecule has 0 N–H and O–H groups in total. The Balaban J connectivity index is 1.88. The van der Waals surface area contributed by atoms with Gasteiger partial charge in [0.25, 0.3) is 0 Å². The normalized spacial score (nSPS) is 18.1. The summed E-state index contributed by atoms with van der Waals surface area (Å²) >= 11 is 12.5. The van der Waals surface area contributed by atoms with Crippen LogP contribution in [0.15, 0.2) is 79.3 Å². The smallest absolute Gasteiger partial charge is 0.181 e. The summed E-state index contributed by atoms with van der Waals surface area (Å²) < 4.78 is 21.9. The van der Waals surface area contributed by atoms with Gasteiger partial charge in [-0.15, -0.1) is 6.53 Å². The van der Waals surface area contributed by atoms with E-state index < -0.39 is 5.60 Å². The van der Waals surface area contributed by atoms with Gasteiger partial charge < -0.3 is 4.74 Å². The summed E-state index contributed by atoms with van der Waals surface area (Å²) in [6, 6.07) is 20.8. The van der Waals surface area contributed by atoms with Gasteiger partial charge in [-0.1, -0.05) is 71.7 Å². The van der Waals surface area contributed by atoms with Crippen LogP contribution in [0.4, 0.5) is 0 Å². The lowest BCUT2D eigenvalue weighted by Gasteiger charge is -2.39. The van der Waals surface area contributed by atoms with E-state index in [1.807, 2.05) is 54.6 Å². The van der Waals surface area contributed by atoms with Crippen LogP contribution in [-0.2, 0) is 5.60 Å². The maximum absolute atomic E-state index is 7.66. The second kappa shape index (κ2) is 6.87. The van der Waals surface area contributed by atoms with Gasteiger partial charge in [0.05, 0.1) is 23.8 Å². The summed E-state index contributed by atoms with van der Waals surface area (Å²) in [6.07, 6.45) is 1.77. The first kappa shape index (κ1) is 16.0. The maximum atomic E-state index is 7.66. The number of ether oxygens (including phenoxy) is 1. The predicted molar refractivity (Wildman–Crippen MR) is 118 cm³/mol. The predicted octanol–water partition coefficient (Wildman–Crippen LogP) is 6.82. The van der Waals surface area contributed by atoms with Crippen LogP contribution in [-0.4, -0.2) is 9.97 Å². The number of fused-ring (bicyclic) bond motifs is 4. The van der Waals surface area contributed by atoms with Crippen molar-refractivity contribution < 1.29 is 7.48 Å². The van der Waals surface area contributed by atoms with E-state index in [4.69, 9.17) is 40.6 Å². The van der Waals surface area contributed by atoms with Crippen molar-refractivity contribution in [1.82, 2.24) is 9.97 Å². The quantitative estimate of drug-likeness (QED) is 0.341. The molecule has 0 spiro atoms. The first-order valence-electron chi connectivity index (χ1n) is 10.1. The Labute approximate surface area is 181 Å². The molecule has 142 valence electrons. The monoisotopic (exact) mass is 420 g/mol. The third-order valence-corrected chi connectivity index (χ3v) is 5.87. The van der Waals surface area contributed by atoms with Gasteiger partial charge in [-0.2, -0.15) is 0 Å². The molecule has 0 radical (unpaired) electrons. The van der Waals surface area contributed by atoms with E-state index >= 15 is 0 Å². The molecule has 0 fully saturated rings. The van der Waals surface area contributed by atoms with E-state index in [9.17, 15) is 0 Å². The van der Waals surface area contributed by atoms with Gasteiger partial charge in [-0.25, -0.2) is 9.97 Å². The summed E-state index contributed by atoms with van der Waals surface area (Å²) in [4.78, 5) is 9.85. The van der Waals surface area contributed by atoms with Crippen molar-refractivity contribution in [3.63, 3.8) is 0 Å². The molecule has 0 aliphatic carbocycles. The summed E-state index contributed by atoms with van der Waals surface area (Å²) in [5.74, 6) is 0.664. The molecular weight excluding hydrogens is 403 g/mol. The van der Waals surface area contributed by atoms with E-state index in [0.29, 0.717) is 38.2 Å². The summed E-state index contributed by atoms with van der Waals surface area (Å²) in [7, 11) is 0. The highest BCUT2D eigenvalue weighted by Crippen LogP contribution is 2.49. The minimum Gasteiger partial charge on any atom is -0.475 e. The molecular formula is C24H16Cl2N2O. The zero-order valence-corrected chi connectivity index (χ0v) is 16.7. The van der Waals surface area contributed by atoms with E-state index in [0.717, 1.165) is 11.1 Å². The first-order valence-corrected chi connectivity index (χ1v) is 9.88. The molecule has 0 amide bonds. The topological polar surface area (TPSA) is 35.0 Å². The van der Waals surface area contributed by atoms with Crippen molar-refractivity contribution in [3.05, 3.63) is 101 Å².